The molecule has 0 atom stereocenters. The molecule has 0 bridgehead atoms. The predicted molar refractivity (Wildman–Crippen MR) is 79.3 cm³/mol. The molecule has 0 aliphatic heterocycles. The van der Waals surface area contributed by atoms with Crippen LogP contribution in [0.4, 0.5) is 5.69 Å². The van der Waals surface area contributed by atoms with Crippen molar-refractivity contribution >= 4 is 33.4 Å². The van der Waals surface area contributed by atoms with Gasteiger partial charge in [0.2, 0.25) is 0 Å². The summed E-state index contributed by atoms with van der Waals surface area (Å²) in [5, 5.41) is 0. The standard InChI is InChI=1S/C14H14BrNS/c1-10-7-14(12(15)8-13(10)16)17-9-11-5-3-2-4-6-11/h2-8H,9,16H2,1H3. The van der Waals surface area contributed by atoms with Crippen molar-refractivity contribution in [2.75, 3.05) is 5.73 Å². The Hall–Kier alpha value is -0.930. The Morgan fingerprint density at radius 3 is 2.59 bits per heavy atom. The Labute approximate surface area is 115 Å². The predicted octanol–water partition coefficient (Wildman–Crippen LogP) is 4.63. The van der Waals surface area contributed by atoms with Crippen molar-refractivity contribution in [3.05, 3.63) is 58.1 Å². The molecule has 88 valence electrons. The number of halogens is 1. The zero-order chi connectivity index (χ0) is 12.3. The summed E-state index contributed by atoms with van der Waals surface area (Å²) < 4.78 is 1.07. The Kier molecular flexibility index (Phi) is 4.13. The fourth-order valence-corrected chi connectivity index (χ4v) is 3.19. The van der Waals surface area contributed by atoms with Gasteiger partial charge in [-0.05, 0) is 46.1 Å². The number of nitrogen functional groups attached to an aromatic ring is 1. The molecule has 0 aliphatic carbocycles. The molecule has 2 aromatic carbocycles. The van der Waals surface area contributed by atoms with Crippen molar-refractivity contribution in [2.24, 2.45) is 0 Å². The topological polar surface area (TPSA) is 26.0 Å². The number of aryl methyl sites for hydroxylation is 1. The monoisotopic (exact) mass is 307 g/mol. The van der Waals surface area contributed by atoms with Crippen LogP contribution in [-0.2, 0) is 5.75 Å². The van der Waals surface area contributed by atoms with Gasteiger partial charge in [0.1, 0.15) is 0 Å². The van der Waals surface area contributed by atoms with Crippen molar-refractivity contribution in [2.45, 2.75) is 17.6 Å². The van der Waals surface area contributed by atoms with E-state index in [4.69, 9.17) is 5.73 Å². The van der Waals surface area contributed by atoms with E-state index < -0.39 is 0 Å². The lowest BCUT2D eigenvalue weighted by Crippen LogP contribution is -1.90. The Morgan fingerprint density at radius 2 is 1.88 bits per heavy atom. The fourth-order valence-electron chi connectivity index (χ4n) is 1.52. The molecule has 0 amide bonds. The van der Waals surface area contributed by atoms with Crippen molar-refractivity contribution in [1.29, 1.82) is 0 Å². The van der Waals surface area contributed by atoms with E-state index >= 15 is 0 Å². The van der Waals surface area contributed by atoms with Gasteiger partial charge in [0.15, 0.2) is 0 Å². The van der Waals surface area contributed by atoms with E-state index in [0.717, 1.165) is 21.5 Å². The van der Waals surface area contributed by atoms with E-state index in [-0.39, 0.29) is 0 Å². The van der Waals surface area contributed by atoms with Crippen LogP contribution in [0.1, 0.15) is 11.1 Å². The number of anilines is 1. The molecule has 0 aliphatic rings. The zero-order valence-corrected chi connectivity index (χ0v) is 12.0. The van der Waals surface area contributed by atoms with Crippen LogP contribution in [0.2, 0.25) is 0 Å². The maximum Gasteiger partial charge on any atom is 0.0355 e. The zero-order valence-electron chi connectivity index (χ0n) is 9.61. The minimum atomic E-state index is 0.834. The molecular formula is C14H14BrNS. The maximum absolute atomic E-state index is 5.86. The first-order valence-corrected chi connectivity index (χ1v) is 7.17. The minimum Gasteiger partial charge on any atom is -0.398 e. The Balaban J connectivity index is 2.12. The quantitative estimate of drug-likeness (QED) is 0.661. The van der Waals surface area contributed by atoms with Crippen molar-refractivity contribution in [3.63, 3.8) is 0 Å². The summed E-state index contributed by atoms with van der Waals surface area (Å²) in [6.07, 6.45) is 0. The summed E-state index contributed by atoms with van der Waals surface area (Å²) in [7, 11) is 0. The highest BCUT2D eigenvalue weighted by atomic mass is 79.9. The fraction of sp³-hybridized carbons (Fsp3) is 0.143. The molecule has 0 saturated heterocycles. The van der Waals surface area contributed by atoms with E-state index in [2.05, 4.69) is 46.3 Å². The number of hydrogen-bond donors (Lipinski definition) is 1. The summed E-state index contributed by atoms with van der Waals surface area (Å²) in [6, 6.07) is 14.6. The van der Waals surface area contributed by atoms with E-state index in [1.807, 2.05) is 30.8 Å². The van der Waals surface area contributed by atoms with Crippen LogP contribution >= 0.6 is 27.7 Å². The van der Waals surface area contributed by atoms with Gasteiger partial charge in [-0.2, -0.15) is 0 Å². The third kappa shape index (κ3) is 3.27. The molecule has 1 nitrogen and oxygen atoms in total. The van der Waals surface area contributed by atoms with Crippen LogP contribution in [-0.4, -0.2) is 0 Å². The summed E-state index contributed by atoms with van der Waals surface area (Å²) in [4.78, 5) is 1.24. The molecule has 3 heteroatoms. The third-order valence-electron chi connectivity index (χ3n) is 2.56. The molecule has 2 N–H and O–H groups in total. The number of hydrogen-bond acceptors (Lipinski definition) is 2. The van der Waals surface area contributed by atoms with Crippen molar-refractivity contribution in [3.8, 4) is 0 Å². The molecule has 2 aromatic rings. The minimum absolute atomic E-state index is 0.834. The number of rotatable bonds is 3. The van der Waals surface area contributed by atoms with E-state index in [1.54, 1.807) is 0 Å². The third-order valence-corrected chi connectivity index (χ3v) is 4.60. The molecule has 0 radical (unpaired) electrons. The van der Waals surface area contributed by atoms with Gasteiger partial charge in [-0.1, -0.05) is 30.3 Å². The van der Waals surface area contributed by atoms with Gasteiger partial charge in [0.25, 0.3) is 0 Å². The second-order valence-electron chi connectivity index (χ2n) is 3.91. The van der Waals surface area contributed by atoms with Gasteiger partial charge >= 0.3 is 0 Å². The lowest BCUT2D eigenvalue weighted by Gasteiger charge is -2.08. The maximum atomic E-state index is 5.86. The summed E-state index contributed by atoms with van der Waals surface area (Å²) >= 11 is 5.37. The number of nitrogens with two attached hydrogens (primary N) is 1. The summed E-state index contributed by atoms with van der Waals surface area (Å²) in [5.74, 6) is 0.975. The number of thioether (sulfide) groups is 1. The van der Waals surface area contributed by atoms with Gasteiger partial charge in [0.05, 0.1) is 0 Å². The SMILES string of the molecule is Cc1cc(SCc2ccccc2)c(Br)cc1N. The van der Waals surface area contributed by atoms with Crippen LogP contribution in [0.3, 0.4) is 0 Å². The number of benzene rings is 2. The molecule has 0 saturated carbocycles. The molecular weight excluding hydrogens is 294 g/mol. The Morgan fingerprint density at radius 1 is 1.18 bits per heavy atom. The second-order valence-corrected chi connectivity index (χ2v) is 5.79. The smallest absolute Gasteiger partial charge is 0.0355 e. The van der Waals surface area contributed by atoms with E-state index in [9.17, 15) is 0 Å². The van der Waals surface area contributed by atoms with Crippen LogP contribution < -0.4 is 5.73 Å². The van der Waals surface area contributed by atoms with Crippen LogP contribution in [0.15, 0.2) is 51.8 Å². The molecule has 0 heterocycles. The molecule has 17 heavy (non-hydrogen) atoms. The van der Waals surface area contributed by atoms with Gasteiger partial charge in [0, 0.05) is 20.8 Å². The van der Waals surface area contributed by atoms with E-state index in [0.29, 0.717) is 0 Å². The normalized spacial score (nSPS) is 10.5. The highest BCUT2D eigenvalue weighted by molar-refractivity contribution is 9.10. The van der Waals surface area contributed by atoms with Gasteiger partial charge in [-0.3, -0.25) is 0 Å². The molecule has 2 rings (SSSR count). The van der Waals surface area contributed by atoms with Crippen LogP contribution in [0.5, 0.6) is 0 Å². The van der Waals surface area contributed by atoms with E-state index in [1.165, 1.54) is 10.5 Å². The lowest BCUT2D eigenvalue weighted by atomic mass is 10.2. The van der Waals surface area contributed by atoms with Crippen molar-refractivity contribution < 1.29 is 0 Å². The van der Waals surface area contributed by atoms with Gasteiger partial charge in [-0.15, -0.1) is 11.8 Å². The first-order valence-electron chi connectivity index (χ1n) is 5.39. The molecule has 0 unspecified atom stereocenters. The van der Waals surface area contributed by atoms with Crippen molar-refractivity contribution in [1.82, 2.24) is 0 Å². The average molecular weight is 308 g/mol. The lowest BCUT2D eigenvalue weighted by molar-refractivity contribution is 1.31. The Bertz CT molecular complexity index is 511. The molecule has 0 fully saturated rings. The van der Waals surface area contributed by atoms with Gasteiger partial charge in [-0.25, -0.2) is 0 Å². The highest BCUT2D eigenvalue weighted by Crippen LogP contribution is 2.33. The highest BCUT2D eigenvalue weighted by Gasteiger charge is 2.04. The summed E-state index contributed by atoms with van der Waals surface area (Å²) in [5.41, 5.74) is 9.15. The van der Waals surface area contributed by atoms with Gasteiger partial charge < -0.3 is 5.73 Å². The summed E-state index contributed by atoms with van der Waals surface area (Å²) in [6.45, 7) is 2.04. The molecule has 0 aromatic heterocycles. The first-order chi connectivity index (χ1) is 8.16. The first kappa shape index (κ1) is 12.5. The van der Waals surface area contributed by atoms with Crippen LogP contribution in [0.25, 0.3) is 0 Å². The second kappa shape index (κ2) is 5.61. The largest absolute Gasteiger partial charge is 0.398 e. The van der Waals surface area contributed by atoms with Crippen LogP contribution in [0, 0.1) is 6.92 Å². The molecule has 0 spiro atoms. The average Bonchev–Trinajstić information content (AvgIpc) is 2.33.